The SMILES string of the molecule is CC1(C)c2ccccc2-c2ccc(N(c3ccc([Si](C)(C)C)cc3)c3ccc4[c](c3)[Ge]3([c]5ccccc5-c5cccc[c]53)[c]3ccccc3-4)cc21. The maximum absolute atomic E-state index is 3.33. The number of nitrogens with zero attached hydrogens (tertiary/aromatic N) is 1. The maximum atomic E-state index is 2.59. The summed E-state index contributed by atoms with van der Waals surface area (Å²) in [7, 11) is -1.47. The molecule has 3 aliphatic rings. The van der Waals surface area contributed by atoms with Crippen LogP contribution in [0.1, 0.15) is 25.0 Å². The van der Waals surface area contributed by atoms with Crippen molar-refractivity contribution in [3.05, 3.63) is 169 Å². The summed E-state index contributed by atoms with van der Waals surface area (Å²) in [4.78, 5) is 2.53. The van der Waals surface area contributed by atoms with Gasteiger partial charge in [0.2, 0.25) is 0 Å². The monoisotopic (exact) mass is 733 g/mol. The third kappa shape index (κ3) is 4.21. The predicted molar refractivity (Wildman–Crippen MR) is 223 cm³/mol. The van der Waals surface area contributed by atoms with Crippen molar-refractivity contribution >= 4 is 61.2 Å². The molecular weight excluding hydrogens is 691 g/mol. The molecule has 0 aromatic heterocycles. The zero-order valence-corrected chi connectivity index (χ0v) is 33.1. The van der Waals surface area contributed by atoms with Crippen molar-refractivity contribution < 1.29 is 0 Å². The van der Waals surface area contributed by atoms with Gasteiger partial charge in [-0.15, -0.1) is 0 Å². The first-order chi connectivity index (χ1) is 24.7. The molecule has 0 saturated carbocycles. The average molecular weight is 733 g/mol. The molecule has 0 N–H and O–H groups in total. The van der Waals surface area contributed by atoms with Crippen molar-refractivity contribution in [2.45, 2.75) is 38.9 Å². The van der Waals surface area contributed by atoms with Gasteiger partial charge in [-0.05, 0) is 0 Å². The topological polar surface area (TPSA) is 3.24 Å². The normalized spacial score (nSPS) is 15.1. The Morgan fingerprint density at radius 3 is 1.41 bits per heavy atom. The van der Waals surface area contributed by atoms with E-state index in [2.05, 4.69) is 196 Å². The third-order valence-electron chi connectivity index (χ3n) is 12.1. The van der Waals surface area contributed by atoms with Gasteiger partial charge >= 0.3 is 307 Å². The number of anilines is 3. The molecule has 2 aliphatic heterocycles. The van der Waals surface area contributed by atoms with E-state index in [4.69, 9.17) is 0 Å². The molecule has 2 heterocycles. The molecule has 246 valence electrons. The van der Waals surface area contributed by atoms with Gasteiger partial charge < -0.3 is 0 Å². The van der Waals surface area contributed by atoms with Gasteiger partial charge in [-0.3, -0.25) is 0 Å². The van der Waals surface area contributed by atoms with Crippen molar-refractivity contribution in [1.82, 2.24) is 0 Å². The van der Waals surface area contributed by atoms with Gasteiger partial charge in [0.05, 0.1) is 0 Å². The second-order valence-electron chi connectivity index (χ2n) is 16.1. The van der Waals surface area contributed by atoms with Gasteiger partial charge in [0, 0.05) is 0 Å². The molecule has 0 amide bonds. The van der Waals surface area contributed by atoms with Crippen LogP contribution in [0.4, 0.5) is 17.1 Å². The summed E-state index contributed by atoms with van der Waals surface area (Å²) in [5.41, 5.74) is 14.7. The first-order valence-corrected chi connectivity index (χ1v) is 26.0. The zero-order chi connectivity index (χ0) is 34.7. The first kappa shape index (κ1) is 30.9. The van der Waals surface area contributed by atoms with Crippen LogP contribution in [0.25, 0.3) is 33.4 Å². The molecule has 0 fully saturated rings. The Balaban J connectivity index is 1.23. The fourth-order valence-electron chi connectivity index (χ4n) is 9.61. The Bertz CT molecular complexity index is 2490. The van der Waals surface area contributed by atoms with E-state index in [0.717, 1.165) is 0 Å². The molecule has 7 aromatic rings. The molecule has 0 bridgehead atoms. The molecule has 0 radical (unpaired) electrons. The van der Waals surface area contributed by atoms with E-state index in [1.807, 2.05) is 0 Å². The van der Waals surface area contributed by atoms with Gasteiger partial charge in [0.1, 0.15) is 0 Å². The van der Waals surface area contributed by atoms with Crippen molar-refractivity contribution in [2.24, 2.45) is 0 Å². The molecule has 1 nitrogen and oxygen atoms in total. The summed E-state index contributed by atoms with van der Waals surface area (Å²) in [5, 5.41) is 1.48. The van der Waals surface area contributed by atoms with E-state index in [0.29, 0.717) is 0 Å². The summed E-state index contributed by atoms with van der Waals surface area (Å²) in [5.74, 6) is 0. The number of benzene rings is 7. The molecule has 0 atom stereocenters. The van der Waals surface area contributed by atoms with E-state index >= 15 is 0 Å². The Morgan fingerprint density at radius 2 is 0.843 bits per heavy atom. The van der Waals surface area contributed by atoms with Crippen LogP contribution in [0, 0.1) is 0 Å². The van der Waals surface area contributed by atoms with Gasteiger partial charge in [0.25, 0.3) is 0 Å². The molecule has 0 saturated heterocycles. The third-order valence-corrected chi connectivity index (χ3v) is 24.5. The van der Waals surface area contributed by atoms with Gasteiger partial charge in [-0.25, -0.2) is 0 Å². The molecule has 7 aromatic carbocycles. The number of hydrogen-bond acceptors (Lipinski definition) is 1. The van der Waals surface area contributed by atoms with Crippen molar-refractivity contribution in [2.75, 3.05) is 4.90 Å². The molecule has 10 rings (SSSR count). The van der Waals surface area contributed by atoms with E-state index in [1.165, 1.54) is 66.8 Å². The quantitative estimate of drug-likeness (QED) is 0.163. The fourth-order valence-corrected chi connectivity index (χ4v) is 22.6. The van der Waals surface area contributed by atoms with Crippen LogP contribution < -0.4 is 27.7 Å². The van der Waals surface area contributed by atoms with Crippen molar-refractivity contribution in [1.29, 1.82) is 0 Å². The van der Waals surface area contributed by atoms with Gasteiger partial charge in [-0.1, -0.05) is 0 Å². The van der Waals surface area contributed by atoms with Crippen LogP contribution in [0.5, 0.6) is 0 Å². The number of fused-ring (bicyclic) bond motifs is 13. The minimum absolute atomic E-state index is 0.0778. The van der Waals surface area contributed by atoms with E-state index < -0.39 is 21.3 Å². The van der Waals surface area contributed by atoms with Crippen LogP contribution in [0.2, 0.25) is 19.6 Å². The Morgan fingerprint density at radius 1 is 0.412 bits per heavy atom. The van der Waals surface area contributed by atoms with Crippen LogP contribution in [-0.2, 0) is 5.41 Å². The first-order valence-electron chi connectivity index (χ1n) is 18.3. The second-order valence-corrected chi connectivity index (χ2v) is 28.9. The van der Waals surface area contributed by atoms with Crippen LogP contribution in [-0.4, -0.2) is 21.3 Å². The number of hydrogen-bond donors (Lipinski definition) is 0. The van der Waals surface area contributed by atoms with E-state index in [-0.39, 0.29) is 5.41 Å². The van der Waals surface area contributed by atoms with Crippen LogP contribution in [0.15, 0.2) is 158 Å². The molecule has 3 heteroatoms. The zero-order valence-electron chi connectivity index (χ0n) is 30.0. The van der Waals surface area contributed by atoms with Gasteiger partial charge in [-0.2, -0.15) is 0 Å². The Hall–Kier alpha value is -4.90. The van der Waals surface area contributed by atoms with E-state index in [9.17, 15) is 0 Å². The summed E-state index contributed by atoms with van der Waals surface area (Å²) in [6.45, 7) is 12.1. The average Bonchev–Trinajstić information content (AvgIpc) is 3.70. The molecule has 1 spiro atoms. The fraction of sp³-hybridized carbons (Fsp3) is 0.125. The Kier molecular flexibility index (Phi) is 6.54. The summed E-state index contributed by atoms with van der Waals surface area (Å²) in [6.07, 6.45) is 0. The summed E-state index contributed by atoms with van der Waals surface area (Å²) < 4.78 is 6.23. The van der Waals surface area contributed by atoms with Crippen LogP contribution in [0.3, 0.4) is 0 Å². The number of rotatable bonds is 4. The standard InChI is InChI=1S/C48H41GeNSi/c1-48(2)42-18-10-6-14-36(42)37-28-24-33(30-43(37)48)50(32-22-26-35(27-23-32)51(3,4)5)34-25-29-41-40-17-9-13-21-46(40)49(47(41)31-34)44-19-11-7-15-38(44)39-16-8-12-20-45(39)49/h6-31H,1-5H3. The Labute approximate surface area is 305 Å². The summed E-state index contributed by atoms with van der Waals surface area (Å²) in [6, 6.07) is 60.9. The second kappa shape index (κ2) is 10.8. The van der Waals surface area contributed by atoms with Crippen molar-refractivity contribution in [3.63, 3.8) is 0 Å². The van der Waals surface area contributed by atoms with Crippen LogP contribution >= 0.6 is 0 Å². The van der Waals surface area contributed by atoms with Crippen molar-refractivity contribution in [3.8, 4) is 33.4 Å². The minimum atomic E-state index is -3.33. The molecule has 0 unspecified atom stereocenters. The molecular formula is C48H41GeNSi. The molecule has 1 aliphatic carbocycles. The summed E-state index contributed by atoms with van der Waals surface area (Å²) >= 11 is -3.33. The van der Waals surface area contributed by atoms with E-state index in [1.54, 1.807) is 17.6 Å². The molecule has 51 heavy (non-hydrogen) atoms. The van der Waals surface area contributed by atoms with Gasteiger partial charge in [0.15, 0.2) is 0 Å². The predicted octanol–water partition coefficient (Wildman–Crippen LogP) is 9.35.